The zero-order chi connectivity index (χ0) is 19.7. The molecule has 0 spiro atoms. The zero-order valence-corrected chi connectivity index (χ0v) is 14.1. The van der Waals surface area contributed by atoms with Crippen LogP contribution in [0.15, 0.2) is 50.6 Å². The molecule has 0 aliphatic carbocycles. The first-order valence-electron chi connectivity index (χ1n) is 6.93. The summed E-state index contributed by atoms with van der Waals surface area (Å²) in [5, 5.41) is 0. The molecule has 0 amide bonds. The summed E-state index contributed by atoms with van der Waals surface area (Å²) in [5.41, 5.74) is -1.53. The molecule has 0 aromatic rings. The van der Waals surface area contributed by atoms with Crippen LogP contribution in [0, 0.1) is 5.41 Å². The Labute approximate surface area is 145 Å². The Morgan fingerprint density at radius 3 is 1.32 bits per heavy atom. The molecule has 8 heteroatoms. The predicted molar refractivity (Wildman–Crippen MR) is 86.5 cm³/mol. The van der Waals surface area contributed by atoms with Crippen molar-refractivity contribution in [3.63, 3.8) is 0 Å². The van der Waals surface area contributed by atoms with Crippen LogP contribution in [0.1, 0.15) is 13.8 Å². The monoisotopic (exact) mass is 352 g/mol. The summed E-state index contributed by atoms with van der Waals surface area (Å²) in [5.74, 6) is -6.54. The van der Waals surface area contributed by atoms with Crippen molar-refractivity contribution in [1.29, 1.82) is 0 Å². The minimum Gasteiger partial charge on any atom is -0.461 e. The van der Waals surface area contributed by atoms with Crippen molar-refractivity contribution in [2.75, 3.05) is 6.61 Å². The SMILES string of the molecule is C=CC(=O)OCC(C)(C)C(OC(=O)C=C)(OC(=O)C=C)OC(=O)C=C. The molecular weight excluding hydrogens is 332 g/mol. The highest BCUT2D eigenvalue weighted by atomic mass is 16.9. The fourth-order valence-corrected chi connectivity index (χ4v) is 1.40. The summed E-state index contributed by atoms with van der Waals surface area (Å²) in [4.78, 5) is 46.4. The second-order valence-electron chi connectivity index (χ2n) is 5.13. The second kappa shape index (κ2) is 9.21. The van der Waals surface area contributed by atoms with E-state index >= 15 is 0 Å². The van der Waals surface area contributed by atoms with E-state index in [-0.39, 0.29) is 0 Å². The molecule has 0 bridgehead atoms. The largest absolute Gasteiger partial charge is 0.461 e. The van der Waals surface area contributed by atoms with Crippen molar-refractivity contribution in [2.45, 2.75) is 19.8 Å². The van der Waals surface area contributed by atoms with E-state index in [0.717, 1.165) is 24.3 Å². The first-order valence-corrected chi connectivity index (χ1v) is 6.93. The fourth-order valence-electron chi connectivity index (χ4n) is 1.40. The minimum atomic E-state index is -2.57. The molecule has 25 heavy (non-hydrogen) atoms. The standard InChI is InChI=1S/C17H20O8/c1-7-12(18)22-11-16(5,6)17(23-13(19)8-2,24-14(20)9-3)25-15(21)10-4/h7-10H,1-4,11H2,5-6H3. The summed E-state index contributed by atoms with van der Waals surface area (Å²) in [6, 6.07) is 0. The Bertz CT molecular complexity index is 545. The maximum atomic E-state index is 11.7. The number of carbonyl (C=O) groups is 4. The summed E-state index contributed by atoms with van der Waals surface area (Å²) in [6.07, 6.45) is 3.21. The number of carbonyl (C=O) groups excluding carboxylic acids is 4. The summed E-state index contributed by atoms with van der Waals surface area (Å²) in [6.45, 7) is 15.2. The maximum absolute atomic E-state index is 11.7. The van der Waals surface area contributed by atoms with E-state index in [9.17, 15) is 19.2 Å². The van der Waals surface area contributed by atoms with Crippen LogP contribution in [-0.2, 0) is 38.1 Å². The van der Waals surface area contributed by atoms with E-state index in [2.05, 4.69) is 26.3 Å². The molecule has 136 valence electrons. The highest BCUT2D eigenvalue weighted by Gasteiger charge is 2.57. The summed E-state index contributed by atoms with van der Waals surface area (Å²) in [7, 11) is 0. The van der Waals surface area contributed by atoms with Crippen LogP contribution in [-0.4, -0.2) is 36.5 Å². The summed E-state index contributed by atoms with van der Waals surface area (Å²) >= 11 is 0. The van der Waals surface area contributed by atoms with Crippen LogP contribution in [0.3, 0.4) is 0 Å². The van der Waals surface area contributed by atoms with Crippen molar-refractivity contribution in [3.8, 4) is 0 Å². The fraction of sp³-hybridized carbons (Fsp3) is 0.294. The third kappa shape index (κ3) is 6.09. The van der Waals surface area contributed by atoms with Crippen LogP contribution < -0.4 is 0 Å². The lowest BCUT2D eigenvalue weighted by molar-refractivity contribution is -0.372. The van der Waals surface area contributed by atoms with E-state index in [4.69, 9.17) is 18.9 Å². The molecule has 0 radical (unpaired) electrons. The van der Waals surface area contributed by atoms with Gasteiger partial charge in [0.15, 0.2) is 0 Å². The molecule has 0 N–H and O–H groups in total. The van der Waals surface area contributed by atoms with E-state index in [1.165, 1.54) is 13.8 Å². The molecule has 0 rings (SSSR count). The summed E-state index contributed by atoms with van der Waals surface area (Å²) < 4.78 is 19.9. The smallest absolute Gasteiger partial charge is 0.432 e. The molecule has 0 aliphatic heterocycles. The van der Waals surface area contributed by atoms with Gasteiger partial charge in [0.2, 0.25) is 0 Å². The lowest BCUT2D eigenvalue weighted by atomic mass is 9.90. The molecule has 0 aromatic carbocycles. The number of hydrogen-bond acceptors (Lipinski definition) is 8. The molecule has 0 saturated carbocycles. The molecule has 0 heterocycles. The minimum absolute atomic E-state index is 0.461. The number of esters is 4. The number of hydrogen-bond donors (Lipinski definition) is 0. The van der Waals surface area contributed by atoms with Gasteiger partial charge >= 0.3 is 29.9 Å². The quantitative estimate of drug-likeness (QED) is 0.331. The second-order valence-corrected chi connectivity index (χ2v) is 5.13. The van der Waals surface area contributed by atoms with Gasteiger partial charge in [0, 0.05) is 24.3 Å². The van der Waals surface area contributed by atoms with Gasteiger partial charge in [-0.25, -0.2) is 19.2 Å². The van der Waals surface area contributed by atoms with Crippen LogP contribution in [0.5, 0.6) is 0 Å². The van der Waals surface area contributed by atoms with Gasteiger partial charge in [-0.2, -0.15) is 0 Å². The third-order valence-corrected chi connectivity index (χ3v) is 2.78. The molecular formula is C17H20O8. The first-order chi connectivity index (χ1) is 11.6. The van der Waals surface area contributed by atoms with Crippen molar-refractivity contribution >= 4 is 23.9 Å². The molecule has 0 atom stereocenters. The van der Waals surface area contributed by atoms with E-state index in [1.54, 1.807) is 0 Å². The first kappa shape index (κ1) is 21.8. The highest BCUT2D eigenvalue weighted by Crippen LogP contribution is 2.38. The Balaban J connectivity index is 6.04. The van der Waals surface area contributed by atoms with Crippen molar-refractivity contribution in [3.05, 3.63) is 50.6 Å². The average molecular weight is 352 g/mol. The van der Waals surface area contributed by atoms with Crippen molar-refractivity contribution in [2.24, 2.45) is 5.41 Å². The van der Waals surface area contributed by atoms with Gasteiger partial charge in [0.25, 0.3) is 0 Å². The lowest BCUT2D eigenvalue weighted by Crippen LogP contribution is -2.56. The van der Waals surface area contributed by atoms with Gasteiger partial charge in [0.05, 0.1) is 0 Å². The zero-order valence-electron chi connectivity index (χ0n) is 14.1. The average Bonchev–Trinajstić information content (AvgIpc) is 2.58. The van der Waals surface area contributed by atoms with Crippen molar-refractivity contribution < 1.29 is 38.1 Å². The normalized spacial score (nSPS) is 10.6. The lowest BCUT2D eigenvalue weighted by Gasteiger charge is -2.40. The van der Waals surface area contributed by atoms with Crippen LogP contribution >= 0.6 is 0 Å². The Morgan fingerprint density at radius 1 is 0.720 bits per heavy atom. The molecule has 0 fully saturated rings. The van der Waals surface area contributed by atoms with Crippen molar-refractivity contribution in [1.82, 2.24) is 0 Å². The number of rotatable bonds is 10. The third-order valence-electron chi connectivity index (χ3n) is 2.78. The van der Waals surface area contributed by atoms with Crippen LogP contribution in [0.25, 0.3) is 0 Å². The molecule has 0 aliphatic rings. The topological polar surface area (TPSA) is 105 Å². The predicted octanol–water partition coefficient (Wildman–Crippen LogP) is 1.58. The Kier molecular flexibility index (Phi) is 8.05. The van der Waals surface area contributed by atoms with Crippen LogP contribution in [0.2, 0.25) is 0 Å². The molecule has 8 nitrogen and oxygen atoms in total. The van der Waals surface area contributed by atoms with Gasteiger partial charge in [-0.3, -0.25) is 0 Å². The Morgan fingerprint density at radius 2 is 1.04 bits per heavy atom. The molecule has 0 saturated heterocycles. The van der Waals surface area contributed by atoms with Crippen LogP contribution in [0.4, 0.5) is 0 Å². The van der Waals surface area contributed by atoms with Gasteiger partial charge in [-0.1, -0.05) is 26.3 Å². The number of ether oxygens (including phenoxy) is 4. The van der Waals surface area contributed by atoms with E-state index in [0.29, 0.717) is 0 Å². The molecule has 0 aromatic heterocycles. The van der Waals surface area contributed by atoms with Gasteiger partial charge in [0.1, 0.15) is 12.0 Å². The van der Waals surface area contributed by atoms with Gasteiger partial charge in [-0.05, 0) is 13.8 Å². The Hall–Kier alpha value is -3.16. The van der Waals surface area contributed by atoms with E-state index in [1.807, 2.05) is 0 Å². The van der Waals surface area contributed by atoms with E-state index < -0.39 is 41.9 Å². The highest BCUT2D eigenvalue weighted by molar-refractivity contribution is 5.85. The van der Waals surface area contributed by atoms with Gasteiger partial charge < -0.3 is 18.9 Å². The maximum Gasteiger partial charge on any atom is 0.432 e. The molecule has 0 unspecified atom stereocenters. The van der Waals surface area contributed by atoms with Gasteiger partial charge in [-0.15, -0.1) is 0 Å².